The van der Waals surface area contributed by atoms with Crippen molar-refractivity contribution in [3.05, 3.63) is 0 Å². The molecule has 0 heterocycles. The van der Waals surface area contributed by atoms with Gasteiger partial charge in [-0.25, -0.2) is 0 Å². The van der Waals surface area contributed by atoms with E-state index >= 15 is 0 Å². The van der Waals surface area contributed by atoms with E-state index in [4.69, 9.17) is 34.8 Å². The topological polar surface area (TPSA) is 176 Å². The maximum Gasteiger partial charge on any atom is 0.303 e. The van der Waals surface area contributed by atoms with Gasteiger partial charge >= 0.3 is 11.9 Å². The molecule has 0 spiro atoms. The molecule has 0 amide bonds. The molecule has 0 aromatic rings. The molecule has 0 radical (unpaired) electrons. The van der Waals surface area contributed by atoms with E-state index < -0.39 is 11.9 Å². The Hall–Kier alpha value is -2.33. The van der Waals surface area contributed by atoms with Crippen LogP contribution in [0.2, 0.25) is 0 Å². The number of aldehydes is 1. The van der Waals surface area contributed by atoms with Crippen LogP contribution in [0.15, 0.2) is 0 Å². The van der Waals surface area contributed by atoms with Crippen molar-refractivity contribution in [3.63, 3.8) is 0 Å². The molecule has 0 aromatic carbocycles. The van der Waals surface area contributed by atoms with Crippen molar-refractivity contribution in [2.75, 3.05) is 19.8 Å². The van der Waals surface area contributed by atoms with Gasteiger partial charge in [-0.05, 0) is 6.42 Å². The standard InChI is InChI=1S/C5H10O3.2C3H6O2.CH2O2.CH2O/c6-2-1-4-8-5-3-7;2*1-2-3(4)5;2-1-3;1-2/h3,6H,1-2,4-5H2;2*2H2,1H3,(H,4,5);1H,(H,2,3);1H2. The largest absolute Gasteiger partial charge is 0.483 e. The Kier molecular flexibility index (Phi) is 60.5. The number of ether oxygens (including phenoxy) is 1. The summed E-state index contributed by atoms with van der Waals surface area (Å²) >= 11 is 0. The average molecular weight is 342 g/mol. The molecule has 138 valence electrons. The van der Waals surface area contributed by atoms with Gasteiger partial charge in [0.05, 0.1) is 0 Å². The van der Waals surface area contributed by atoms with E-state index in [1.54, 1.807) is 13.8 Å². The van der Waals surface area contributed by atoms with Gasteiger partial charge in [-0.1, -0.05) is 13.8 Å². The lowest BCUT2D eigenvalue weighted by molar-refractivity contribution is -0.137. The molecule has 10 nitrogen and oxygen atoms in total. The fraction of sp³-hybridized carbons (Fsp3) is 0.615. The Labute approximate surface area is 134 Å². The summed E-state index contributed by atoms with van der Waals surface area (Å²) in [6.45, 7) is 5.68. The Balaban J connectivity index is -0.0000000635. The first-order valence-corrected chi connectivity index (χ1v) is 6.30. The number of carbonyl (C=O) groups excluding carboxylic acids is 2. The molecule has 0 bridgehead atoms. The van der Waals surface area contributed by atoms with Crippen LogP contribution in [0.1, 0.15) is 33.1 Å². The first-order valence-electron chi connectivity index (χ1n) is 6.30. The summed E-state index contributed by atoms with van der Waals surface area (Å²) in [5, 5.41) is 30.5. The van der Waals surface area contributed by atoms with Gasteiger partial charge in [0.15, 0.2) is 0 Å². The second kappa shape index (κ2) is 42.7. The maximum atomic E-state index is 9.58. The lowest BCUT2D eigenvalue weighted by atomic mass is 10.5. The van der Waals surface area contributed by atoms with Crippen molar-refractivity contribution in [3.8, 4) is 0 Å². The third kappa shape index (κ3) is 138. The molecule has 10 heteroatoms. The van der Waals surface area contributed by atoms with Gasteiger partial charge in [0.2, 0.25) is 0 Å². The van der Waals surface area contributed by atoms with Crippen LogP contribution >= 0.6 is 0 Å². The maximum absolute atomic E-state index is 9.58. The van der Waals surface area contributed by atoms with Gasteiger partial charge in [-0.15, -0.1) is 0 Å². The molecular weight excluding hydrogens is 316 g/mol. The number of carboxylic acid groups (broad SMARTS) is 3. The molecular formula is C13H26O10. The van der Waals surface area contributed by atoms with Crippen molar-refractivity contribution >= 4 is 31.5 Å². The van der Waals surface area contributed by atoms with Crippen LogP contribution in [-0.2, 0) is 28.7 Å². The zero-order chi connectivity index (χ0) is 19.5. The highest BCUT2D eigenvalue weighted by Gasteiger charge is 1.82. The van der Waals surface area contributed by atoms with Crippen LogP contribution in [-0.4, -0.2) is 71.7 Å². The monoisotopic (exact) mass is 342 g/mol. The molecule has 0 aromatic heterocycles. The lowest BCUT2D eigenvalue weighted by Gasteiger charge is -1.93. The summed E-state index contributed by atoms with van der Waals surface area (Å²) in [4.78, 5) is 44.7. The minimum absolute atomic E-state index is 0.124. The summed E-state index contributed by atoms with van der Waals surface area (Å²) in [6.07, 6.45) is 1.74. The smallest absolute Gasteiger partial charge is 0.303 e. The number of aliphatic carboxylic acids is 2. The predicted molar refractivity (Wildman–Crippen MR) is 80.3 cm³/mol. The van der Waals surface area contributed by atoms with Crippen molar-refractivity contribution in [2.24, 2.45) is 0 Å². The molecule has 0 atom stereocenters. The minimum atomic E-state index is -0.745. The Morgan fingerprint density at radius 1 is 1.04 bits per heavy atom. The number of carbonyl (C=O) groups is 5. The van der Waals surface area contributed by atoms with E-state index in [0.29, 0.717) is 19.3 Å². The number of carboxylic acids is 2. The highest BCUT2D eigenvalue weighted by Crippen LogP contribution is 1.76. The lowest BCUT2D eigenvalue weighted by Crippen LogP contribution is -1.98. The molecule has 23 heavy (non-hydrogen) atoms. The van der Waals surface area contributed by atoms with Crippen molar-refractivity contribution in [2.45, 2.75) is 33.1 Å². The molecule has 0 fully saturated rings. The second-order valence-electron chi connectivity index (χ2n) is 2.92. The SMILES string of the molecule is C=O.CCC(=O)O.CCC(=O)O.O=CCOCCCO.O=CO. The molecule has 0 aliphatic heterocycles. The summed E-state index contributed by atoms with van der Waals surface area (Å²) in [5.41, 5.74) is 0. The molecule has 0 rings (SSSR count). The molecule has 0 saturated heterocycles. The Morgan fingerprint density at radius 2 is 1.35 bits per heavy atom. The van der Waals surface area contributed by atoms with E-state index in [-0.39, 0.29) is 32.5 Å². The second-order valence-corrected chi connectivity index (χ2v) is 2.92. The zero-order valence-corrected chi connectivity index (χ0v) is 13.3. The molecule has 0 saturated carbocycles. The highest BCUT2D eigenvalue weighted by molar-refractivity contribution is 5.66. The number of hydrogen-bond acceptors (Lipinski definition) is 7. The minimum Gasteiger partial charge on any atom is -0.483 e. The third-order valence-corrected chi connectivity index (χ3v) is 1.24. The summed E-state index contributed by atoms with van der Waals surface area (Å²) in [5.74, 6) is -1.49. The number of aliphatic hydroxyl groups is 1. The number of hydrogen-bond donors (Lipinski definition) is 4. The molecule has 0 aliphatic rings. The van der Waals surface area contributed by atoms with Gasteiger partial charge in [-0.2, -0.15) is 0 Å². The first-order chi connectivity index (χ1) is 10.9. The number of aliphatic hydroxyl groups excluding tert-OH is 1. The fourth-order valence-corrected chi connectivity index (χ4v) is 0.298. The predicted octanol–water partition coefficient (Wildman–Crippen LogP) is 0.0622. The van der Waals surface area contributed by atoms with E-state index in [1.807, 2.05) is 6.79 Å². The summed E-state index contributed by atoms with van der Waals surface area (Å²) < 4.78 is 4.70. The van der Waals surface area contributed by atoms with Gasteiger partial charge in [0.25, 0.3) is 6.47 Å². The molecule has 4 N–H and O–H groups in total. The van der Waals surface area contributed by atoms with Crippen LogP contribution < -0.4 is 0 Å². The van der Waals surface area contributed by atoms with Gasteiger partial charge in [0.1, 0.15) is 19.7 Å². The summed E-state index contributed by atoms with van der Waals surface area (Å²) in [7, 11) is 0. The van der Waals surface area contributed by atoms with E-state index in [9.17, 15) is 14.4 Å². The van der Waals surface area contributed by atoms with Gasteiger partial charge < -0.3 is 34.8 Å². The zero-order valence-electron chi connectivity index (χ0n) is 13.3. The van der Waals surface area contributed by atoms with Crippen LogP contribution in [0.4, 0.5) is 0 Å². The van der Waals surface area contributed by atoms with Crippen LogP contribution in [0.25, 0.3) is 0 Å². The van der Waals surface area contributed by atoms with Crippen LogP contribution in [0.3, 0.4) is 0 Å². The summed E-state index contributed by atoms with van der Waals surface area (Å²) in [6, 6.07) is 0. The van der Waals surface area contributed by atoms with Crippen LogP contribution in [0, 0.1) is 0 Å². The van der Waals surface area contributed by atoms with E-state index in [1.165, 1.54) is 0 Å². The average Bonchev–Trinajstić information content (AvgIpc) is 2.55. The molecule has 0 unspecified atom stereocenters. The fourth-order valence-electron chi connectivity index (χ4n) is 0.298. The Bertz CT molecular complexity index is 241. The van der Waals surface area contributed by atoms with Gasteiger partial charge in [0, 0.05) is 26.1 Å². The van der Waals surface area contributed by atoms with E-state index in [2.05, 4.69) is 0 Å². The first kappa shape index (κ1) is 32.6. The Morgan fingerprint density at radius 3 is 1.52 bits per heavy atom. The third-order valence-electron chi connectivity index (χ3n) is 1.24. The quantitative estimate of drug-likeness (QED) is 0.365. The molecule has 0 aliphatic carbocycles. The van der Waals surface area contributed by atoms with Crippen molar-refractivity contribution in [1.29, 1.82) is 0 Å². The van der Waals surface area contributed by atoms with E-state index in [0.717, 1.165) is 0 Å². The highest BCUT2D eigenvalue weighted by atomic mass is 16.5. The van der Waals surface area contributed by atoms with Crippen LogP contribution in [0.5, 0.6) is 0 Å². The van der Waals surface area contributed by atoms with Crippen molar-refractivity contribution < 1.29 is 49.1 Å². The normalized spacial score (nSPS) is 7.09. The van der Waals surface area contributed by atoms with Crippen molar-refractivity contribution in [1.82, 2.24) is 0 Å². The van der Waals surface area contributed by atoms with Gasteiger partial charge in [-0.3, -0.25) is 14.4 Å². The number of rotatable bonds is 7.